The van der Waals surface area contributed by atoms with Gasteiger partial charge in [-0.05, 0) is 60.9 Å². The van der Waals surface area contributed by atoms with Crippen LogP contribution in [0.4, 0.5) is 0 Å². The van der Waals surface area contributed by atoms with Gasteiger partial charge >= 0.3 is 0 Å². The molecule has 0 spiro atoms. The fourth-order valence-corrected chi connectivity index (χ4v) is 4.40. The van der Waals surface area contributed by atoms with Crippen LogP contribution in [0, 0.1) is 0 Å². The topological polar surface area (TPSA) is 18.5 Å². The second-order valence-electron chi connectivity index (χ2n) is 5.77. The Morgan fingerprint density at radius 2 is 2.25 bits per heavy atom. The highest BCUT2D eigenvalue weighted by Crippen LogP contribution is 2.25. The molecule has 20 heavy (non-hydrogen) atoms. The highest BCUT2D eigenvalue weighted by Gasteiger charge is 2.30. The van der Waals surface area contributed by atoms with Gasteiger partial charge in [-0.2, -0.15) is 0 Å². The highest BCUT2D eigenvalue weighted by molar-refractivity contribution is 9.10. The maximum Gasteiger partial charge on any atom is 0.0377 e. The SMILES string of the molecule is CCCNC(Cc1sccc1Br)C1CN(C)CCN1C. The summed E-state index contributed by atoms with van der Waals surface area (Å²) < 4.78 is 1.26. The quantitative estimate of drug-likeness (QED) is 0.842. The molecule has 1 aliphatic heterocycles. The van der Waals surface area contributed by atoms with E-state index in [0.717, 1.165) is 26.1 Å². The first-order chi connectivity index (χ1) is 9.61. The van der Waals surface area contributed by atoms with Crippen molar-refractivity contribution in [2.75, 3.05) is 40.3 Å². The highest BCUT2D eigenvalue weighted by atomic mass is 79.9. The van der Waals surface area contributed by atoms with E-state index < -0.39 is 0 Å². The molecule has 1 aliphatic rings. The van der Waals surface area contributed by atoms with Crippen molar-refractivity contribution < 1.29 is 0 Å². The summed E-state index contributed by atoms with van der Waals surface area (Å²) >= 11 is 5.53. The number of nitrogens with zero attached hydrogens (tertiary/aromatic N) is 2. The fraction of sp³-hybridized carbons (Fsp3) is 0.733. The Hall–Kier alpha value is 0.0600. The van der Waals surface area contributed by atoms with Gasteiger partial charge in [0.2, 0.25) is 0 Å². The Labute approximate surface area is 135 Å². The second kappa shape index (κ2) is 7.90. The maximum absolute atomic E-state index is 3.77. The maximum atomic E-state index is 3.77. The molecular weight excluding hydrogens is 334 g/mol. The van der Waals surface area contributed by atoms with Gasteiger partial charge in [0.15, 0.2) is 0 Å². The summed E-state index contributed by atoms with van der Waals surface area (Å²) in [5.41, 5.74) is 0. The van der Waals surface area contributed by atoms with Crippen LogP contribution in [0.5, 0.6) is 0 Å². The van der Waals surface area contributed by atoms with Gasteiger partial charge in [0.1, 0.15) is 0 Å². The zero-order chi connectivity index (χ0) is 14.5. The summed E-state index contributed by atoms with van der Waals surface area (Å²) in [7, 11) is 4.50. The number of hydrogen-bond donors (Lipinski definition) is 1. The third-order valence-electron chi connectivity index (χ3n) is 4.12. The third kappa shape index (κ3) is 4.28. The lowest BCUT2D eigenvalue weighted by atomic mass is 10.00. The average Bonchev–Trinajstić information content (AvgIpc) is 2.83. The Kier molecular flexibility index (Phi) is 6.49. The van der Waals surface area contributed by atoms with E-state index in [1.807, 2.05) is 11.3 Å². The smallest absolute Gasteiger partial charge is 0.0377 e. The van der Waals surface area contributed by atoms with Crippen molar-refractivity contribution in [1.29, 1.82) is 0 Å². The minimum Gasteiger partial charge on any atom is -0.312 e. The lowest BCUT2D eigenvalue weighted by Crippen LogP contribution is -2.59. The monoisotopic (exact) mass is 359 g/mol. The predicted octanol–water partition coefficient (Wildman–Crippen LogP) is 2.67. The molecule has 0 bridgehead atoms. The number of halogens is 1. The number of likely N-dealkylation sites (N-methyl/N-ethyl adjacent to an activating group) is 2. The largest absolute Gasteiger partial charge is 0.312 e. The predicted molar refractivity (Wildman–Crippen MR) is 91.7 cm³/mol. The second-order valence-corrected chi connectivity index (χ2v) is 7.62. The van der Waals surface area contributed by atoms with E-state index in [2.05, 4.69) is 63.5 Å². The Morgan fingerprint density at radius 1 is 1.45 bits per heavy atom. The summed E-state index contributed by atoms with van der Waals surface area (Å²) in [6.45, 7) is 6.83. The van der Waals surface area contributed by atoms with E-state index in [0.29, 0.717) is 12.1 Å². The minimum absolute atomic E-state index is 0.526. The van der Waals surface area contributed by atoms with E-state index in [1.54, 1.807) is 0 Å². The van der Waals surface area contributed by atoms with Crippen molar-refractivity contribution >= 4 is 27.3 Å². The molecule has 1 fully saturated rings. The molecule has 0 radical (unpaired) electrons. The first-order valence-electron chi connectivity index (χ1n) is 7.45. The van der Waals surface area contributed by atoms with Crippen LogP contribution in [0.1, 0.15) is 18.2 Å². The van der Waals surface area contributed by atoms with Gasteiger partial charge in [0.25, 0.3) is 0 Å². The number of thiophene rings is 1. The molecule has 0 aromatic carbocycles. The van der Waals surface area contributed by atoms with Crippen LogP contribution in [-0.4, -0.2) is 62.2 Å². The van der Waals surface area contributed by atoms with Crippen molar-refractivity contribution in [2.45, 2.75) is 31.8 Å². The molecule has 5 heteroatoms. The van der Waals surface area contributed by atoms with Gasteiger partial charge in [0, 0.05) is 41.1 Å². The van der Waals surface area contributed by atoms with Gasteiger partial charge < -0.3 is 10.2 Å². The van der Waals surface area contributed by atoms with Gasteiger partial charge in [-0.1, -0.05) is 6.92 Å². The average molecular weight is 360 g/mol. The lowest BCUT2D eigenvalue weighted by Gasteiger charge is -2.42. The summed E-state index contributed by atoms with van der Waals surface area (Å²) in [6.07, 6.45) is 2.30. The van der Waals surface area contributed by atoms with Crippen LogP contribution >= 0.6 is 27.3 Å². The van der Waals surface area contributed by atoms with Crippen molar-refractivity contribution in [1.82, 2.24) is 15.1 Å². The van der Waals surface area contributed by atoms with Crippen molar-refractivity contribution in [3.8, 4) is 0 Å². The molecule has 3 nitrogen and oxygen atoms in total. The standard InChI is InChI=1S/C15H26BrN3S/c1-4-6-17-13(10-15-12(16)5-9-20-15)14-11-18(2)7-8-19(14)3/h5,9,13-14,17H,4,6-8,10-11H2,1-3H3. The van der Waals surface area contributed by atoms with E-state index in [1.165, 1.54) is 22.3 Å². The molecule has 1 N–H and O–H groups in total. The van der Waals surface area contributed by atoms with Gasteiger partial charge in [-0.15, -0.1) is 11.3 Å². The number of hydrogen-bond acceptors (Lipinski definition) is 4. The van der Waals surface area contributed by atoms with Crippen LogP contribution in [0.15, 0.2) is 15.9 Å². The Balaban J connectivity index is 2.07. The van der Waals surface area contributed by atoms with Crippen molar-refractivity contribution in [3.05, 3.63) is 20.8 Å². The van der Waals surface area contributed by atoms with E-state index in [-0.39, 0.29) is 0 Å². The molecular formula is C15H26BrN3S. The fourth-order valence-electron chi connectivity index (χ4n) is 2.82. The lowest BCUT2D eigenvalue weighted by molar-refractivity contribution is 0.0878. The summed E-state index contributed by atoms with van der Waals surface area (Å²) in [5, 5.41) is 5.95. The van der Waals surface area contributed by atoms with Gasteiger partial charge in [-0.25, -0.2) is 0 Å². The van der Waals surface area contributed by atoms with Crippen LogP contribution < -0.4 is 5.32 Å². The van der Waals surface area contributed by atoms with E-state index in [4.69, 9.17) is 0 Å². The number of piperazine rings is 1. The molecule has 0 amide bonds. The molecule has 1 aromatic rings. The first-order valence-corrected chi connectivity index (χ1v) is 9.13. The van der Waals surface area contributed by atoms with Crippen LogP contribution in [0.25, 0.3) is 0 Å². The molecule has 1 aromatic heterocycles. The zero-order valence-corrected chi connectivity index (χ0v) is 15.1. The van der Waals surface area contributed by atoms with Gasteiger partial charge in [0.05, 0.1) is 0 Å². The Bertz CT molecular complexity index is 410. The molecule has 2 atom stereocenters. The molecule has 2 heterocycles. The summed E-state index contributed by atoms with van der Waals surface area (Å²) in [6, 6.07) is 3.28. The van der Waals surface area contributed by atoms with Gasteiger partial charge in [-0.3, -0.25) is 4.90 Å². The number of nitrogens with one attached hydrogen (secondary N) is 1. The zero-order valence-electron chi connectivity index (χ0n) is 12.7. The third-order valence-corrected chi connectivity index (χ3v) is 6.07. The van der Waals surface area contributed by atoms with E-state index >= 15 is 0 Å². The minimum atomic E-state index is 0.526. The molecule has 1 saturated heterocycles. The summed E-state index contributed by atoms with van der Waals surface area (Å²) in [5.74, 6) is 0. The van der Waals surface area contributed by atoms with Crippen LogP contribution in [-0.2, 0) is 6.42 Å². The van der Waals surface area contributed by atoms with E-state index in [9.17, 15) is 0 Å². The molecule has 2 rings (SSSR count). The summed E-state index contributed by atoms with van der Waals surface area (Å²) in [4.78, 5) is 6.43. The van der Waals surface area contributed by atoms with Crippen molar-refractivity contribution in [2.24, 2.45) is 0 Å². The molecule has 0 saturated carbocycles. The molecule has 114 valence electrons. The van der Waals surface area contributed by atoms with Crippen molar-refractivity contribution in [3.63, 3.8) is 0 Å². The molecule has 2 unspecified atom stereocenters. The number of rotatable bonds is 6. The Morgan fingerprint density at radius 3 is 2.90 bits per heavy atom. The van der Waals surface area contributed by atoms with Crippen LogP contribution in [0.3, 0.4) is 0 Å². The van der Waals surface area contributed by atoms with Crippen LogP contribution in [0.2, 0.25) is 0 Å². The first kappa shape index (κ1) is 16.4. The normalized spacial score (nSPS) is 23.1. The molecule has 0 aliphatic carbocycles.